The number of nitrogens with zero attached hydrogens (tertiary/aromatic N) is 3. The van der Waals surface area contributed by atoms with Crippen molar-refractivity contribution in [2.45, 2.75) is 44.3 Å². The Balaban J connectivity index is 1.49. The summed E-state index contributed by atoms with van der Waals surface area (Å²) in [6, 6.07) is -0.720. The zero-order chi connectivity index (χ0) is 17.6. The summed E-state index contributed by atoms with van der Waals surface area (Å²) in [6.07, 6.45) is 4.88. The molecule has 3 heterocycles. The van der Waals surface area contributed by atoms with Gasteiger partial charge in [-0.25, -0.2) is 14.4 Å². The van der Waals surface area contributed by atoms with Gasteiger partial charge < -0.3 is 15.2 Å². The largest absolute Gasteiger partial charge is 0.344 e. The molecule has 2 aromatic rings. The minimum Gasteiger partial charge on any atom is -0.344 e. The fourth-order valence-corrected chi connectivity index (χ4v) is 3.18. The summed E-state index contributed by atoms with van der Waals surface area (Å²) in [5.74, 6) is -0.213. The summed E-state index contributed by atoms with van der Waals surface area (Å²) in [7, 11) is 0. The van der Waals surface area contributed by atoms with Crippen molar-refractivity contribution in [3.8, 4) is 0 Å². The molecule has 2 fully saturated rings. The number of H-pyrrole nitrogens is 1. The highest BCUT2D eigenvalue weighted by Gasteiger charge is 2.30. The zero-order valence-corrected chi connectivity index (χ0v) is 14.0. The van der Waals surface area contributed by atoms with Crippen LogP contribution in [-0.4, -0.2) is 57.0 Å². The van der Waals surface area contributed by atoms with Crippen molar-refractivity contribution in [1.29, 1.82) is 0 Å². The van der Waals surface area contributed by atoms with Gasteiger partial charge in [-0.05, 0) is 26.2 Å². The van der Waals surface area contributed by atoms with Crippen LogP contribution in [0.1, 0.15) is 48.2 Å². The number of halogens is 1. The highest BCUT2D eigenvalue weighted by Crippen LogP contribution is 2.39. The number of amides is 2. The molecule has 25 heavy (non-hydrogen) atoms. The molecule has 1 aliphatic carbocycles. The van der Waals surface area contributed by atoms with Gasteiger partial charge in [0.25, 0.3) is 5.91 Å². The second-order valence-corrected chi connectivity index (χ2v) is 6.83. The smallest absolute Gasteiger partial charge is 0.255 e. The SMILES string of the molecule is C[C@@H](NC(=O)c1c[nH]c2ncc(C3CC3)nc12)C(=O)N1CC[C@H](F)C1. The topological polar surface area (TPSA) is 91.0 Å². The molecule has 0 radical (unpaired) electrons. The van der Waals surface area contributed by atoms with Crippen LogP contribution in [0.2, 0.25) is 0 Å². The summed E-state index contributed by atoms with van der Waals surface area (Å²) in [4.78, 5) is 38.2. The Morgan fingerprint density at radius 2 is 2.20 bits per heavy atom. The van der Waals surface area contributed by atoms with Crippen molar-refractivity contribution in [1.82, 2.24) is 25.2 Å². The lowest BCUT2D eigenvalue weighted by Crippen LogP contribution is -2.46. The lowest BCUT2D eigenvalue weighted by molar-refractivity contribution is -0.131. The maximum atomic E-state index is 13.3. The van der Waals surface area contributed by atoms with Crippen LogP contribution >= 0.6 is 0 Å². The molecule has 1 aliphatic heterocycles. The predicted octanol–water partition coefficient (Wildman–Crippen LogP) is 1.52. The Morgan fingerprint density at radius 1 is 1.40 bits per heavy atom. The Labute approximate surface area is 144 Å². The first-order chi connectivity index (χ1) is 12.0. The molecule has 1 saturated carbocycles. The summed E-state index contributed by atoms with van der Waals surface area (Å²) in [6.45, 7) is 2.10. The molecule has 4 rings (SSSR count). The maximum Gasteiger partial charge on any atom is 0.255 e. The molecule has 0 spiro atoms. The fraction of sp³-hybridized carbons (Fsp3) is 0.529. The van der Waals surface area contributed by atoms with Crippen molar-refractivity contribution in [3.05, 3.63) is 23.7 Å². The Morgan fingerprint density at radius 3 is 2.88 bits per heavy atom. The van der Waals surface area contributed by atoms with E-state index in [4.69, 9.17) is 0 Å². The van der Waals surface area contributed by atoms with Gasteiger partial charge in [0.2, 0.25) is 5.91 Å². The van der Waals surface area contributed by atoms with E-state index in [1.54, 1.807) is 19.3 Å². The van der Waals surface area contributed by atoms with Gasteiger partial charge >= 0.3 is 0 Å². The van der Waals surface area contributed by atoms with Crippen LogP contribution in [0, 0.1) is 0 Å². The first-order valence-corrected chi connectivity index (χ1v) is 8.60. The number of nitrogens with one attached hydrogen (secondary N) is 2. The molecule has 2 atom stereocenters. The summed E-state index contributed by atoms with van der Waals surface area (Å²) >= 11 is 0. The number of likely N-dealkylation sites (tertiary alicyclic amines) is 1. The van der Waals surface area contributed by atoms with Crippen LogP contribution in [0.4, 0.5) is 4.39 Å². The molecule has 1 saturated heterocycles. The number of hydrogen-bond acceptors (Lipinski definition) is 4. The van der Waals surface area contributed by atoms with E-state index in [-0.39, 0.29) is 18.4 Å². The van der Waals surface area contributed by atoms with Crippen molar-refractivity contribution in [3.63, 3.8) is 0 Å². The molecule has 7 nitrogen and oxygen atoms in total. The second-order valence-electron chi connectivity index (χ2n) is 6.83. The van der Waals surface area contributed by atoms with Gasteiger partial charge in [0.1, 0.15) is 17.7 Å². The normalized spacial score (nSPS) is 21.5. The number of rotatable bonds is 4. The van der Waals surface area contributed by atoms with Gasteiger partial charge in [0.05, 0.1) is 24.0 Å². The minimum atomic E-state index is -0.975. The average Bonchev–Trinajstić information content (AvgIpc) is 3.22. The Bertz CT molecular complexity index is 832. The molecule has 2 aliphatic rings. The molecule has 2 aromatic heterocycles. The Hall–Kier alpha value is -2.51. The number of carbonyl (C=O) groups is 2. The number of aromatic nitrogens is 3. The lowest BCUT2D eigenvalue weighted by Gasteiger charge is -2.20. The van der Waals surface area contributed by atoms with Crippen molar-refractivity contribution in [2.24, 2.45) is 0 Å². The van der Waals surface area contributed by atoms with E-state index in [1.165, 1.54) is 4.90 Å². The molecule has 8 heteroatoms. The van der Waals surface area contributed by atoms with Crippen LogP contribution in [-0.2, 0) is 4.79 Å². The third-order valence-corrected chi connectivity index (χ3v) is 4.80. The molecule has 132 valence electrons. The third kappa shape index (κ3) is 3.08. The Kier molecular flexibility index (Phi) is 3.89. The van der Waals surface area contributed by atoms with Crippen molar-refractivity contribution >= 4 is 23.0 Å². The quantitative estimate of drug-likeness (QED) is 0.879. The summed E-state index contributed by atoms with van der Waals surface area (Å²) < 4.78 is 13.3. The van der Waals surface area contributed by atoms with Crippen LogP contribution in [0.15, 0.2) is 12.4 Å². The number of carbonyl (C=O) groups excluding carboxylic acids is 2. The van der Waals surface area contributed by atoms with Crippen LogP contribution in [0.5, 0.6) is 0 Å². The first kappa shape index (κ1) is 16.0. The summed E-state index contributed by atoms with van der Waals surface area (Å²) in [5, 5.41) is 2.69. The number of alkyl halides is 1. The maximum absolute atomic E-state index is 13.3. The summed E-state index contributed by atoms with van der Waals surface area (Å²) in [5.41, 5.74) is 2.34. The molecular weight excluding hydrogens is 325 g/mol. The number of aromatic amines is 1. The van der Waals surface area contributed by atoms with Crippen molar-refractivity contribution < 1.29 is 14.0 Å². The van der Waals surface area contributed by atoms with E-state index in [0.717, 1.165) is 18.5 Å². The molecule has 0 aromatic carbocycles. The van der Waals surface area contributed by atoms with Gasteiger partial charge in [-0.15, -0.1) is 0 Å². The highest BCUT2D eigenvalue weighted by molar-refractivity contribution is 6.05. The van der Waals surface area contributed by atoms with Crippen LogP contribution in [0.25, 0.3) is 11.2 Å². The minimum absolute atomic E-state index is 0.0996. The fourth-order valence-electron chi connectivity index (χ4n) is 3.18. The van der Waals surface area contributed by atoms with E-state index in [9.17, 15) is 14.0 Å². The second kappa shape index (κ2) is 6.09. The standard InChI is InChI=1S/C17H20FN5O2/c1-9(17(25)23-5-4-11(18)8-23)21-16(24)12-6-19-15-14(12)22-13(7-20-15)10-2-3-10/h6-7,9-11H,2-5,8H2,1H3,(H,19,20)(H,21,24)/t9-,11+/m1/s1. The number of fused-ring (bicyclic) bond motifs is 1. The zero-order valence-electron chi connectivity index (χ0n) is 14.0. The monoisotopic (exact) mass is 345 g/mol. The lowest BCUT2D eigenvalue weighted by atomic mass is 10.2. The van der Waals surface area contributed by atoms with E-state index in [1.807, 2.05) is 0 Å². The van der Waals surface area contributed by atoms with E-state index < -0.39 is 12.2 Å². The number of hydrogen-bond donors (Lipinski definition) is 2. The van der Waals surface area contributed by atoms with Crippen LogP contribution in [0.3, 0.4) is 0 Å². The molecule has 2 amide bonds. The molecule has 0 bridgehead atoms. The van der Waals surface area contributed by atoms with E-state index in [0.29, 0.717) is 35.6 Å². The third-order valence-electron chi connectivity index (χ3n) is 4.80. The van der Waals surface area contributed by atoms with Gasteiger partial charge in [0, 0.05) is 18.7 Å². The molecule has 2 N–H and O–H groups in total. The highest BCUT2D eigenvalue weighted by atomic mass is 19.1. The van der Waals surface area contributed by atoms with Gasteiger partial charge in [-0.2, -0.15) is 0 Å². The molecular formula is C17H20FN5O2. The van der Waals surface area contributed by atoms with E-state index >= 15 is 0 Å². The first-order valence-electron chi connectivity index (χ1n) is 8.60. The van der Waals surface area contributed by atoms with Crippen molar-refractivity contribution in [2.75, 3.05) is 13.1 Å². The van der Waals surface area contributed by atoms with Gasteiger partial charge in [-0.3, -0.25) is 9.59 Å². The van der Waals surface area contributed by atoms with Crippen LogP contribution < -0.4 is 5.32 Å². The van der Waals surface area contributed by atoms with E-state index in [2.05, 4.69) is 20.3 Å². The predicted molar refractivity (Wildman–Crippen MR) is 88.9 cm³/mol. The van der Waals surface area contributed by atoms with Gasteiger partial charge in [0.15, 0.2) is 5.65 Å². The molecule has 0 unspecified atom stereocenters. The average molecular weight is 345 g/mol. The van der Waals surface area contributed by atoms with Gasteiger partial charge in [-0.1, -0.05) is 0 Å².